The van der Waals surface area contributed by atoms with Gasteiger partial charge in [-0.3, -0.25) is 4.79 Å². The van der Waals surface area contributed by atoms with Gasteiger partial charge < -0.3 is 20.3 Å². The zero-order valence-corrected chi connectivity index (χ0v) is 6.69. The number of carboxylic acid groups (broad SMARTS) is 1. The maximum absolute atomic E-state index is 10.3. The summed E-state index contributed by atoms with van der Waals surface area (Å²) in [5.74, 6) is -0.875. The fourth-order valence-corrected chi connectivity index (χ4v) is 1.20. The van der Waals surface area contributed by atoms with Crippen LogP contribution in [0, 0.1) is 0 Å². The van der Waals surface area contributed by atoms with E-state index < -0.39 is 5.97 Å². The Bertz CT molecular complexity index is 161. The largest absolute Gasteiger partial charge is 0.481 e. The molecule has 5 nitrogen and oxygen atoms in total. The Morgan fingerprint density at radius 3 is 2.75 bits per heavy atom. The van der Waals surface area contributed by atoms with E-state index in [0.29, 0.717) is 13.1 Å². The lowest BCUT2D eigenvalue weighted by Crippen LogP contribution is -2.46. The lowest BCUT2D eigenvalue weighted by Gasteiger charge is -2.28. The molecule has 1 aliphatic heterocycles. The fourth-order valence-electron chi connectivity index (χ4n) is 1.20. The minimum absolute atomic E-state index is 0.0104. The van der Waals surface area contributed by atoms with Gasteiger partial charge >= 0.3 is 5.97 Å². The van der Waals surface area contributed by atoms with Gasteiger partial charge in [-0.25, -0.2) is 0 Å². The van der Waals surface area contributed by atoms with Crippen LogP contribution in [0.25, 0.3) is 0 Å². The van der Waals surface area contributed by atoms with Gasteiger partial charge in [0.15, 0.2) is 0 Å². The number of aliphatic hydroxyl groups is 1. The van der Waals surface area contributed by atoms with Crippen LogP contribution in [0.4, 0.5) is 0 Å². The van der Waals surface area contributed by atoms with Gasteiger partial charge in [-0.15, -0.1) is 0 Å². The molecule has 1 rings (SSSR count). The summed E-state index contributed by atoms with van der Waals surface area (Å²) in [6.07, 6.45) is -0.583. The van der Waals surface area contributed by atoms with Crippen molar-refractivity contribution in [3.63, 3.8) is 0 Å². The first kappa shape index (κ1) is 9.44. The van der Waals surface area contributed by atoms with E-state index >= 15 is 0 Å². The number of hydrogen-bond acceptors (Lipinski definition) is 4. The average Bonchev–Trinajstić information content (AvgIpc) is 2.03. The molecule has 1 aliphatic rings. The lowest BCUT2D eigenvalue weighted by atomic mass is 10.2. The van der Waals surface area contributed by atoms with E-state index in [1.807, 2.05) is 0 Å². The third-order valence-corrected chi connectivity index (χ3v) is 1.73. The Kier molecular flexibility index (Phi) is 3.46. The van der Waals surface area contributed by atoms with Crippen molar-refractivity contribution < 1.29 is 19.7 Å². The third kappa shape index (κ3) is 2.77. The van der Waals surface area contributed by atoms with Crippen molar-refractivity contribution in [2.45, 2.75) is 18.6 Å². The molecule has 0 bridgehead atoms. The van der Waals surface area contributed by atoms with Gasteiger partial charge in [0.1, 0.15) is 0 Å². The van der Waals surface area contributed by atoms with Crippen LogP contribution in [0.3, 0.4) is 0 Å². The molecular weight excluding hydrogens is 162 g/mol. The van der Waals surface area contributed by atoms with E-state index in [1.54, 1.807) is 0 Å². The first-order valence-corrected chi connectivity index (χ1v) is 3.91. The molecule has 0 spiro atoms. The predicted octanol–water partition coefficient (Wildman–Crippen LogP) is -1.19. The Morgan fingerprint density at radius 2 is 2.17 bits per heavy atom. The monoisotopic (exact) mass is 175 g/mol. The zero-order valence-electron chi connectivity index (χ0n) is 6.69. The van der Waals surface area contributed by atoms with Crippen LogP contribution >= 0.6 is 0 Å². The van der Waals surface area contributed by atoms with Crippen molar-refractivity contribution in [2.24, 2.45) is 0 Å². The Hall–Kier alpha value is -0.650. The van der Waals surface area contributed by atoms with Crippen molar-refractivity contribution in [1.82, 2.24) is 5.32 Å². The molecule has 0 aliphatic carbocycles. The summed E-state index contributed by atoms with van der Waals surface area (Å²) in [6, 6.07) is 0. The summed E-state index contributed by atoms with van der Waals surface area (Å²) in [5, 5.41) is 20.2. The van der Waals surface area contributed by atoms with Crippen LogP contribution in [0.15, 0.2) is 0 Å². The van der Waals surface area contributed by atoms with E-state index in [2.05, 4.69) is 5.32 Å². The first-order chi connectivity index (χ1) is 5.72. The quantitative estimate of drug-likeness (QED) is 0.502. The van der Waals surface area contributed by atoms with Gasteiger partial charge in [0.2, 0.25) is 0 Å². The normalized spacial score (nSPS) is 30.1. The Morgan fingerprint density at radius 1 is 1.50 bits per heavy atom. The van der Waals surface area contributed by atoms with Crippen molar-refractivity contribution in [3.05, 3.63) is 0 Å². The zero-order chi connectivity index (χ0) is 8.97. The number of aliphatic carboxylic acids is 1. The molecule has 3 N–H and O–H groups in total. The molecule has 1 fully saturated rings. The van der Waals surface area contributed by atoms with Gasteiger partial charge in [0.05, 0.1) is 25.2 Å². The first-order valence-electron chi connectivity index (χ1n) is 3.91. The van der Waals surface area contributed by atoms with Crippen molar-refractivity contribution in [2.75, 3.05) is 19.7 Å². The number of ether oxygens (including phenoxy) is 1. The van der Waals surface area contributed by atoms with Gasteiger partial charge in [-0.2, -0.15) is 0 Å². The maximum atomic E-state index is 10.3. The number of carboxylic acids is 1. The Balaban J connectivity index is 2.30. The standard InChI is InChI=1S/C7H13NO4/c9-4-6-3-8-2-5(12-6)1-7(10)11/h5-6,8-9H,1-4H2,(H,10,11)/t5-,6+/m1/s1. The third-order valence-electron chi connectivity index (χ3n) is 1.73. The summed E-state index contributed by atoms with van der Waals surface area (Å²) in [4.78, 5) is 10.3. The molecule has 0 saturated carbocycles. The van der Waals surface area contributed by atoms with Crippen LogP contribution in [-0.4, -0.2) is 48.1 Å². The summed E-state index contributed by atoms with van der Waals surface area (Å²) < 4.78 is 5.25. The summed E-state index contributed by atoms with van der Waals surface area (Å²) in [5.41, 5.74) is 0. The maximum Gasteiger partial charge on any atom is 0.306 e. The van der Waals surface area contributed by atoms with Gasteiger partial charge in [-0.05, 0) is 0 Å². The second-order valence-electron chi connectivity index (χ2n) is 2.82. The van der Waals surface area contributed by atoms with E-state index in [9.17, 15) is 4.79 Å². The molecular formula is C7H13NO4. The average molecular weight is 175 g/mol. The van der Waals surface area contributed by atoms with Crippen LogP contribution < -0.4 is 5.32 Å². The molecule has 70 valence electrons. The van der Waals surface area contributed by atoms with Crippen LogP contribution in [-0.2, 0) is 9.53 Å². The van der Waals surface area contributed by atoms with Crippen LogP contribution in [0.5, 0.6) is 0 Å². The minimum Gasteiger partial charge on any atom is -0.481 e. The molecule has 0 aromatic carbocycles. The van der Waals surface area contributed by atoms with Gasteiger partial charge in [0, 0.05) is 13.1 Å². The SMILES string of the molecule is O=C(O)C[C@@H]1CNC[C@@H](CO)O1. The summed E-state index contributed by atoms with van der Waals surface area (Å²) in [6.45, 7) is 1.07. The number of hydrogen-bond donors (Lipinski definition) is 3. The van der Waals surface area contributed by atoms with Crippen molar-refractivity contribution in [1.29, 1.82) is 0 Å². The van der Waals surface area contributed by atoms with Crippen LogP contribution in [0.1, 0.15) is 6.42 Å². The topological polar surface area (TPSA) is 78.8 Å². The molecule has 0 aromatic rings. The summed E-state index contributed by atoms with van der Waals surface area (Å²) >= 11 is 0. The minimum atomic E-state index is -0.875. The smallest absolute Gasteiger partial charge is 0.306 e. The Labute approximate surface area is 70.3 Å². The fraction of sp³-hybridized carbons (Fsp3) is 0.857. The molecule has 0 unspecified atom stereocenters. The highest BCUT2D eigenvalue weighted by atomic mass is 16.5. The molecule has 1 saturated heterocycles. The van der Waals surface area contributed by atoms with E-state index in [4.69, 9.17) is 14.9 Å². The predicted molar refractivity (Wildman–Crippen MR) is 40.9 cm³/mol. The van der Waals surface area contributed by atoms with Crippen LogP contribution in [0.2, 0.25) is 0 Å². The molecule has 12 heavy (non-hydrogen) atoms. The van der Waals surface area contributed by atoms with E-state index in [-0.39, 0.29) is 25.2 Å². The van der Waals surface area contributed by atoms with Crippen molar-refractivity contribution >= 4 is 5.97 Å². The number of carbonyl (C=O) groups is 1. The highest BCUT2D eigenvalue weighted by molar-refractivity contribution is 5.67. The lowest BCUT2D eigenvalue weighted by molar-refractivity contribution is -0.143. The number of aliphatic hydroxyl groups excluding tert-OH is 1. The highest BCUT2D eigenvalue weighted by Crippen LogP contribution is 2.06. The van der Waals surface area contributed by atoms with E-state index in [1.165, 1.54) is 0 Å². The molecule has 0 aromatic heterocycles. The van der Waals surface area contributed by atoms with Crippen molar-refractivity contribution in [3.8, 4) is 0 Å². The molecule has 0 radical (unpaired) electrons. The second-order valence-corrected chi connectivity index (χ2v) is 2.82. The number of rotatable bonds is 3. The molecule has 0 amide bonds. The number of nitrogens with one attached hydrogen (secondary N) is 1. The molecule has 5 heteroatoms. The van der Waals surface area contributed by atoms with Gasteiger partial charge in [0.25, 0.3) is 0 Å². The second kappa shape index (κ2) is 4.39. The number of morpholine rings is 1. The highest BCUT2D eigenvalue weighted by Gasteiger charge is 2.22. The summed E-state index contributed by atoms with van der Waals surface area (Å²) in [7, 11) is 0. The molecule has 1 heterocycles. The molecule has 2 atom stereocenters. The van der Waals surface area contributed by atoms with E-state index in [0.717, 1.165) is 0 Å². The van der Waals surface area contributed by atoms with Gasteiger partial charge in [-0.1, -0.05) is 0 Å².